The highest BCUT2D eigenvalue weighted by molar-refractivity contribution is 6.04. The summed E-state index contributed by atoms with van der Waals surface area (Å²) in [4.78, 5) is 21.4. The highest BCUT2D eigenvalue weighted by Gasteiger charge is 2.24. The van der Waals surface area contributed by atoms with Gasteiger partial charge in [-0.1, -0.05) is 12.1 Å². The van der Waals surface area contributed by atoms with E-state index in [0.717, 1.165) is 24.1 Å². The molecule has 1 atom stereocenters. The lowest BCUT2D eigenvalue weighted by atomic mass is 10.1. The number of carbonyl (C=O) groups excluding carboxylic acids is 1. The zero-order valence-corrected chi connectivity index (χ0v) is 16.3. The number of benzene rings is 1. The van der Waals surface area contributed by atoms with Crippen molar-refractivity contribution < 1.29 is 14.1 Å². The third kappa shape index (κ3) is 3.50. The molecule has 152 valence electrons. The van der Waals surface area contributed by atoms with Gasteiger partial charge in [0.2, 0.25) is 0 Å². The molecule has 0 saturated carbocycles. The molecular weight excluding hydrogens is 384 g/mol. The number of pyridine rings is 1. The second kappa shape index (κ2) is 7.60. The molecule has 9 nitrogen and oxygen atoms in total. The Morgan fingerprint density at radius 1 is 1.27 bits per heavy atom. The van der Waals surface area contributed by atoms with Crippen molar-refractivity contribution in [2.45, 2.75) is 25.9 Å². The number of fused-ring (bicyclic) bond motifs is 1. The van der Waals surface area contributed by atoms with Gasteiger partial charge >= 0.3 is 0 Å². The Kier molecular flexibility index (Phi) is 4.64. The molecule has 2 N–H and O–H groups in total. The monoisotopic (exact) mass is 404 g/mol. The van der Waals surface area contributed by atoms with Crippen LogP contribution in [0.5, 0.6) is 0 Å². The van der Waals surface area contributed by atoms with Gasteiger partial charge < -0.3 is 19.9 Å². The van der Waals surface area contributed by atoms with E-state index in [2.05, 4.69) is 25.8 Å². The lowest BCUT2D eigenvalue weighted by Crippen LogP contribution is -2.15. The molecule has 1 saturated heterocycles. The predicted octanol–water partition coefficient (Wildman–Crippen LogP) is 3.87. The largest absolute Gasteiger partial charge is 0.368 e. The van der Waals surface area contributed by atoms with Crippen LogP contribution in [0.15, 0.2) is 53.3 Å². The molecule has 1 aromatic carbocycles. The van der Waals surface area contributed by atoms with Crippen LogP contribution in [-0.4, -0.2) is 32.0 Å². The fourth-order valence-electron chi connectivity index (χ4n) is 3.44. The Hall–Kier alpha value is -3.72. The smallest absolute Gasteiger partial charge is 0.274 e. The second-order valence-electron chi connectivity index (χ2n) is 7.14. The molecule has 1 amide bonds. The zero-order valence-electron chi connectivity index (χ0n) is 16.3. The minimum Gasteiger partial charge on any atom is -0.368 e. The lowest BCUT2D eigenvalue weighted by Gasteiger charge is -2.11. The van der Waals surface area contributed by atoms with Gasteiger partial charge in [0, 0.05) is 24.2 Å². The van der Waals surface area contributed by atoms with E-state index in [4.69, 9.17) is 9.26 Å². The molecule has 1 aliphatic rings. The highest BCUT2D eigenvalue weighted by atomic mass is 16.5. The fraction of sp³-hybridized carbons (Fsp3) is 0.238. The van der Waals surface area contributed by atoms with Crippen molar-refractivity contribution in [1.82, 2.24) is 19.5 Å². The van der Waals surface area contributed by atoms with E-state index in [9.17, 15) is 4.79 Å². The summed E-state index contributed by atoms with van der Waals surface area (Å²) in [5.41, 5.74) is 3.51. The molecule has 1 aliphatic heterocycles. The van der Waals surface area contributed by atoms with Gasteiger partial charge in [-0.05, 0) is 54.8 Å². The van der Waals surface area contributed by atoms with Crippen molar-refractivity contribution in [3.63, 3.8) is 0 Å². The normalized spacial score (nSPS) is 16.1. The molecule has 4 aromatic rings. The second-order valence-corrected chi connectivity index (χ2v) is 7.14. The van der Waals surface area contributed by atoms with Gasteiger partial charge in [-0.25, -0.2) is 4.98 Å². The number of aryl methyl sites for hydroxylation is 1. The Morgan fingerprint density at radius 2 is 2.20 bits per heavy atom. The maximum atomic E-state index is 12.8. The van der Waals surface area contributed by atoms with Crippen LogP contribution in [0.2, 0.25) is 0 Å². The molecule has 5 rings (SSSR count). The number of anilines is 3. The van der Waals surface area contributed by atoms with Crippen molar-refractivity contribution in [1.29, 1.82) is 0 Å². The van der Waals surface area contributed by atoms with E-state index in [-0.39, 0.29) is 12.0 Å². The van der Waals surface area contributed by atoms with Gasteiger partial charge in [-0.2, -0.15) is 4.98 Å². The van der Waals surface area contributed by atoms with E-state index in [1.807, 2.05) is 49.5 Å². The molecule has 0 spiro atoms. The summed E-state index contributed by atoms with van der Waals surface area (Å²) in [6.07, 6.45) is 5.11. The quantitative estimate of drug-likeness (QED) is 0.520. The number of aromatic nitrogens is 4. The molecule has 0 radical (unpaired) electrons. The fourth-order valence-corrected chi connectivity index (χ4v) is 3.44. The molecule has 9 heteroatoms. The summed E-state index contributed by atoms with van der Waals surface area (Å²) >= 11 is 0. The maximum Gasteiger partial charge on any atom is 0.274 e. The average Bonchev–Trinajstić information content (AvgIpc) is 3.50. The molecular formula is C21H20N6O3. The number of amides is 1. The first-order chi connectivity index (χ1) is 14.7. The number of nitrogens with zero attached hydrogens (tertiary/aromatic N) is 4. The number of hydrogen-bond donors (Lipinski definition) is 2. The minimum absolute atomic E-state index is 0.133. The number of imidazole rings is 1. The van der Waals surface area contributed by atoms with Crippen molar-refractivity contribution in [3.8, 4) is 0 Å². The zero-order chi connectivity index (χ0) is 20.5. The van der Waals surface area contributed by atoms with Crippen LogP contribution >= 0.6 is 0 Å². The highest BCUT2D eigenvalue weighted by Crippen LogP contribution is 2.29. The summed E-state index contributed by atoms with van der Waals surface area (Å²) in [5.74, 6) is 0.584. The van der Waals surface area contributed by atoms with E-state index in [1.54, 1.807) is 10.6 Å². The van der Waals surface area contributed by atoms with Gasteiger partial charge in [0.15, 0.2) is 0 Å². The molecule has 0 aliphatic carbocycles. The third-order valence-corrected chi connectivity index (χ3v) is 5.04. The number of rotatable bonds is 5. The van der Waals surface area contributed by atoms with Crippen LogP contribution in [-0.2, 0) is 4.74 Å². The molecule has 4 heterocycles. The predicted molar refractivity (Wildman–Crippen MR) is 110 cm³/mol. The number of hydrogen-bond acceptors (Lipinski definition) is 7. The summed E-state index contributed by atoms with van der Waals surface area (Å²) in [6.45, 7) is 2.64. The van der Waals surface area contributed by atoms with Crippen molar-refractivity contribution in [2.75, 3.05) is 17.2 Å². The third-order valence-electron chi connectivity index (χ3n) is 5.04. The molecule has 30 heavy (non-hydrogen) atoms. The first kappa shape index (κ1) is 18.3. The van der Waals surface area contributed by atoms with Crippen LogP contribution in [0.3, 0.4) is 0 Å². The van der Waals surface area contributed by atoms with Gasteiger partial charge in [-0.15, -0.1) is 0 Å². The Bertz CT molecular complexity index is 1210. The van der Waals surface area contributed by atoms with Gasteiger partial charge in [0.25, 0.3) is 17.7 Å². The number of ether oxygens (including phenoxy) is 1. The van der Waals surface area contributed by atoms with E-state index >= 15 is 0 Å². The van der Waals surface area contributed by atoms with Crippen LogP contribution in [0.1, 0.15) is 40.9 Å². The number of carbonyl (C=O) groups is 1. The van der Waals surface area contributed by atoms with E-state index in [1.165, 1.54) is 0 Å². The molecule has 0 bridgehead atoms. The van der Waals surface area contributed by atoms with Crippen molar-refractivity contribution in [3.05, 3.63) is 65.9 Å². The number of nitrogens with one attached hydrogen (secondary N) is 2. The van der Waals surface area contributed by atoms with Gasteiger partial charge in [0.1, 0.15) is 17.4 Å². The first-order valence-electron chi connectivity index (χ1n) is 9.74. The van der Waals surface area contributed by atoms with Gasteiger partial charge in [0.05, 0.1) is 6.20 Å². The Morgan fingerprint density at radius 3 is 3.07 bits per heavy atom. The summed E-state index contributed by atoms with van der Waals surface area (Å²) in [5, 5.41) is 10.0. The summed E-state index contributed by atoms with van der Waals surface area (Å²) in [6, 6.07) is 11.2. The topological polar surface area (TPSA) is 107 Å². The molecule has 3 aromatic heterocycles. The summed E-state index contributed by atoms with van der Waals surface area (Å²) < 4.78 is 12.6. The Labute approximate surface area is 172 Å². The minimum atomic E-state index is -0.242. The van der Waals surface area contributed by atoms with E-state index in [0.29, 0.717) is 35.5 Å². The Balaban J connectivity index is 1.34. The van der Waals surface area contributed by atoms with Crippen LogP contribution in [0.25, 0.3) is 5.65 Å². The average molecular weight is 404 g/mol. The SMILES string of the molecule is Cc1ccc(Nc2noc(C3CCCO3)n2)cc1NC(=O)c1cnc2ccccn12. The van der Waals surface area contributed by atoms with E-state index < -0.39 is 0 Å². The van der Waals surface area contributed by atoms with Crippen LogP contribution in [0.4, 0.5) is 17.3 Å². The van der Waals surface area contributed by atoms with Crippen LogP contribution in [0, 0.1) is 6.92 Å². The first-order valence-corrected chi connectivity index (χ1v) is 9.74. The summed E-state index contributed by atoms with van der Waals surface area (Å²) in [7, 11) is 0. The van der Waals surface area contributed by atoms with Crippen molar-refractivity contribution >= 4 is 28.9 Å². The standard InChI is InChI=1S/C21H20N6O3/c1-13-7-8-14(23-21-25-20(30-26-21)17-5-4-10-29-17)11-15(13)24-19(28)16-12-22-18-6-2-3-9-27(16)18/h2-3,6-9,11-12,17H,4-5,10H2,1H3,(H,23,26)(H,24,28). The maximum absolute atomic E-state index is 12.8. The van der Waals surface area contributed by atoms with Gasteiger partial charge in [-0.3, -0.25) is 9.20 Å². The lowest BCUT2D eigenvalue weighted by molar-refractivity contribution is 0.0835. The van der Waals surface area contributed by atoms with Crippen LogP contribution < -0.4 is 10.6 Å². The molecule has 1 fully saturated rings. The molecule has 1 unspecified atom stereocenters. The van der Waals surface area contributed by atoms with Crippen molar-refractivity contribution in [2.24, 2.45) is 0 Å².